The van der Waals surface area contributed by atoms with E-state index in [9.17, 15) is 13.2 Å². The van der Waals surface area contributed by atoms with Gasteiger partial charge in [0.15, 0.2) is 9.84 Å². The van der Waals surface area contributed by atoms with E-state index in [2.05, 4.69) is 29.2 Å². The van der Waals surface area contributed by atoms with E-state index in [1.54, 1.807) is 13.8 Å². The first-order valence-corrected chi connectivity index (χ1v) is 11.3. The van der Waals surface area contributed by atoms with Crippen LogP contribution in [0, 0.1) is 0 Å². The Bertz CT molecular complexity index is 705. The number of nitrogens with zero attached hydrogens (tertiary/aromatic N) is 1. The molecule has 1 aliphatic heterocycles. The Morgan fingerprint density at radius 1 is 1.08 bits per heavy atom. The number of hydrogen-bond donors (Lipinski definition) is 0. The molecule has 1 aromatic rings. The molecule has 0 N–H and O–H groups in total. The lowest BCUT2D eigenvalue weighted by Crippen LogP contribution is -2.26. The van der Waals surface area contributed by atoms with Gasteiger partial charge in [-0.25, -0.2) is 8.42 Å². The van der Waals surface area contributed by atoms with Gasteiger partial charge in [-0.05, 0) is 50.8 Å². The standard InChI is InChI=1S/C21H31NO3S/c1-18(2)26(24,25)16-8-3-5-9-21(23)17-19-10-12-20(13-11-19)22-14-6-4-7-15-22/h4,6,10-13,18H,3,5,7-9,14-17H2,1-2H3. The first-order chi connectivity index (χ1) is 12.4. The average molecular weight is 378 g/mol. The summed E-state index contributed by atoms with van der Waals surface area (Å²) in [5.41, 5.74) is 2.26. The second-order valence-electron chi connectivity index (χ2n) is 7.31. The largest absolute Gasteiger partial charge is 0.368 e. The van der Waals surface area contributed by atoms with Gasteiger partial charge in [-0.3, -0.25) is 4.79 Å². The summed E-state index contributed by atoms with van der Waals surface area (Å²) in [5.74, 6) is 0.455. The van der Waals surface area contributed by atoms with Crippen LogP contribution in [0.3, 0.4) is 0 Å². The predicted octanol–water partition coefficient (Wildman–Crippen LogP) is 3.95. The zero-order valence-corrected chi connectivity index (χ0v) is 16.8. The summed E-state index contributed by atoms with van der Waals surface area (Å²) >= 11 is 0. The lowest BCUT2D eigenvalue weighted by atomic mass is 10.0. The van der Waals surface area contributed by atoms with Crippen molar-refractivity contribution in [3.63, 3.8) is 0 Å². The summed E-state index contributed by atoms with van der Waals surface area (Å²) < 4.78 is 23.5. The third-order valence-corrected chi connectivity index (χ3v) is 7.16. The van der Waals surface area contributed by atoms with Crippen molar-refractivity contribution < 1.29 is 13.2 Å². The van der Waals surface area contributed by atoms with Gasteiger partial charge in [0, 0.05) is 31.6 Å². The van der Waals surface area contributed by atoms with Crippen LogP contribution in [0.1, 0.15) is 51.5 Å². The summed E-state index contributed by atoms with van der Waals surface area (Å²) in [6.45, 7) is 5.42. The van der Waals surface area contributed by atoms with Crippen molar-refractivity contribution in [1.82, 2.24) is 0 Å². The van der Waals surface area contributed by atoms with E-state index in [4.69, 9.17) is 0 Å². The Morgan fingerprint density at radius 3 is 2.42 bits per heavy atom. The molecule has 0 spiro atoms. The third-order valence-electron chi connectivity index (χ3n) is 4.86. The molecule has 0 amide bonds. The van der Waals surface area contributed by atoms with E-state index < -0.39 is 9.84 Å². The quantitative estimate of drug-likeness (QED) is 0.458. The second-order valence-corrected chi connectivity index (χ2v) is 9.99. The first-order valence-electron chi connectivity index (χ1n) is 9.60. The van der Waals surface area contributed by atoms with E-state index in [1.165, 1.54) is 5.69 Å². The minimum atomic E-state index is -2.95. The third kappa shape index (κ3) is 6.60. The summed E-state index contributed by atoms with van der Waals surface area (Å²) in [5, 5.41) is -0.312. The van der Waals surface area contributed by atoms with Gasteiger partial charge < -0.3 is 4.90 Å². The van der Waals surface area contributed by atoms with Crippen LogP contribution in [0.4, 0.5) is 5.69 Å². The zero-order valence-electron chi connectivity index (χ0n) is 16.0. The van der Waals surface area contributed by atoms with Gasteiger partial charge in [0.25, 0.3) is 0 Å². The van der Waals surface area contributed by atoms with Crippen molar-refractivity contribution in [3.05, 3.63) is 42.0 Å². The topological polar surface area (TPSA) is 54.5 Å². The summed E-state index contributed by atoms with van der Waals surface area (Å²) in [6.07, 6.45) is 8.68. The van der Waals surface area contributed by atoms with E-state index in [0.717, 1.165) is 37.9 Å². The molecule has 0 unspecified atom stereocenters. The highest BCUT2D eigenvalue weighted by Crippen LogP contribution is 2.18. The number of carbonyl (C=O) groups is 1. The van der Waals surface area contributed by atoms with Crippen LogP contribution >= 0.6 is 0 Å². The monoisotopic (exact) mass is 377 g/mol. The van der Waals surface area contributed by atoms with Crippen molar-refractivity contribution in [2.24, 2.45) is 0 Å². The molecule has 0 atom stereocenters. The molecular weight excluding hydrogens is 346 g/mol. The highest BCUT2D eigenvalue weighted by atomic mass is 32.2. The van der Waals surface area contributed by atoms with Crippen molar-refractivity contribution >= 4 is 21.3 Å². The number of Topliss-reactive ketones (excluding diaryl/α,β-unsaturated/α-hetero) is 1. The highest BCUT2D eigenvalue weighted by molar-refractivity contribution is 7.91. The molecule has 0 saturated heterocycles. The Labute approximate surface area is 158 Å². The Morgan fingerprint density at radius 2 is 1.81 bits per heavy atom. The zero-order chi connectivity index (χ0) is 19.0. The number of ketones is 1. The number of sulfone groups is 1. The van der Waals surface area contributed by atoms with E-state index in [1.807, 2.05) is 12.1 Å². The normalized spacial score (nSPS) is 14.8. The van der Waals surface area contributed by atoms with Crippen molar-refractivity contribution in [2.75, 3.05) is 23.7 Å². The smallest absolute Gasteiger partial charge is 0.152 e. The van der Waals surface area contributed by atoms with Crippen LogP contribution in [0.5, 0.6) is 0 Å². The van der Waals surface area contributed by atoms with E-state index in [0.29, 0.717) is 19.3 Å². The molecule has 0 radical (unpaired) electrons. The van der Waals surface area contributed by atoms with Crippen LogP contribution in [0.2, 0.25) is 0 Å². The minimum Gasteiger partial charge on any atom is -0.368 e. The summed E-state index contributed by atoms with van der Waals surface area (Å²) in [4.78, 5) is 14.5. The molecule has 1 aromatic carbocycles. The molecule has 0 aliphatic carbocycles. The van der Waals surface area contributed by atoms with Crippen molar-refractivity contribution in [2.45, 2.75) is 57.6 Å². The minimum absolute atomic E-state index is 0.227. The number of carbonyl (C=O) groups excluding carboxylic acids is 1. The fourth-order valence-electron chi connectivity index (χ4n) is 3.05. The van der Waals surface area contributed by atoms with Crippen molar-refractivity contribution in [1.29, 1.82) is 0 Å². The van der Waals surface area contributed by atoms with Gasteiger partial charge in [-0.15, -0.1) is 0 Å². The maximum Gasteiger partial charge on any atom is 0.152 e. The van der Waals surface area contributed by atoms with Gasteiger partial charge in [0.2, 0.25) is 0 Å². The van der Waals surface area contributed by atoms with E-state index in [-0.39, 0.29) is 16.8 Å². The lowest BCUT2D eigenvalue weighted by molar-refractivity contribution is -0.118. The molecule has 2 rings (SSSR count). The van der Waals surface area contributed by atoms with Crippen LogP contribution < -0.4 is 4.90 Å². The van der Waals surface area contributed by atoms with Crippen LogP contribution in [-0.4, -0.2) is 38.3 Å². The average Bonchev–Trinajstić information content (AvgIpc) is 2.62. The fourth-order valence-corrected chi connectivity index (χ4v) is 4.13. The number of anilines is 1. The molecule has 0 fully saturated rings. The Balaban J connectivity index is 1.68. The summed E-state index contributed by atoms with van der Waals surface area (Å²) in [7, 11) is -2.95. The molecule has 5 heteroatoms. The number of rotatable bonds is 10. The van der Waals surface area contributed by atoms with E-state index >= 15 is 0 Å². The molecule has 4 nitrogen and oxygen atoms in total. The summed E-state index contributed by atoms with van der Waals surface area (Å²) in [6, 6.07) is 8.28. The number of benzene rings is 1. The Kier molecular flexibility index (Phi) is 7.88. The van der Waals surface area contributed by atoms with Gasteiger partial charge in [0.1, 0.15) is 5.78 Å². The molecular formula is C21H31NO3S. The van der Waals surface area contributed by atoms with Crippen LogP contribution in [0.25, 0.3) is 0 Å². The molecule has 0 aromatic heterocycles. The fraction of sp³-hybridized carbons (Fsp3) is 0.571. The molecule has 26 heavy (non-hydrogen) atoms. The van der Waals surface area contributed by atoms with Crippen LogP contribution in [0.15, 0.2) is 36.4 Å². The second kappa shape index (κ2) is 9.91. The number of unbranched alkanes of at least 4 members (excludes halogenated alkanes) is 2. The molecule has 0 saturated carbocycles. The number of hydrogen-bond acceptors (Lipinski definition) is 4. The van der Waals surface area contributed by atoms with Gasteiger partial charge >= 0.3 is 0 Å². The molecule has 0 bridgehead atoms. The van der Waals surface area contributed by atoms with Crippen LogP contribution in [-0.2, 0) is 21.1 Å². The van der Waals surface area contributed by atoms with Gasteiger partial charge in [-0.1, -0.05) is 30.7 Å². The maximum atomic E-state index is 12.1. The predicted molar refractivity (Wildman–Crippen MR) is 109 cm³/mol. The molecule has 144 valence electrons. The maximum absolute atomic E-state index is 12.1. The SMILES string of the molecule is CC(C)S(=O)(=O)CCCCCC(=O)Cc1ccc(N2CC=CCC2)cc1. The van der Waals surface area contributed by atoms with Gasteiger partial charge in [-0.2, -0.15) is 0 Å². The highest BCUT2D eigenvalue weighted by Gasteiger charge is 2.15. The first kappa shape index (κ1) is 20.7. The molecule has 1 aliphatic rings. The Hall–Kier alpha value is -1.62. The molecule has 1 heterocycles. The van der Waals surface area contributed by atoms with Crippen molar-refractivity contribution in [3.8, 4) is 0 Å². The van der Waals surface area contributed by atoms with Gasteiger partial charge in [0.05, 0.1) is 11.0 Å². The lowest BCUT2D eigenvalue weighted by Gasteiger charge is -2.25.